The molecule has 0 aliphatic heterocycles. The lowest BCUT2D eigenvalue weighted by Gasteiger charge is -1.98. The van der Waals surface area contributed by atoms with Crippen LogP contribution in [0.3, 0.4) is 0 Å². The molecule has 0 radical (unpaired) electrons. The van der Waals surface area contributed by atoms with Gasteiger partial charge in [0.2, 0.25) is 5.91 Å². The van der Waals surface area contributed by atoms with Crippen LogP contribution in [0.2, 0.25) is 0 Å². The number of methoxy groups -OCH3 is 1. The number of aromatic amines is 1. The van der Waals surface area contributed by atoms with Crippen molar-refractivity contribution in [3.05, 3.63) is 6.20 Å². The van der Waals surface area contributed by atoms with Crippen LogP contribution in [0, 0.1) is 0 Å². The normalized spacial score (nSPS) is 9.75. The molecule has 1 aromatic rings. The second kappa shape index (κ2) is 4.45. The number of carbonyl (C=O) groups is 1. The van der Waals surface area contributed by atoms with Crippen molar-refractivity contribution in [1.82, 2.24) is 15.4 Å². The van der Waals surface area contributed by atoms with Gasteiger partial charge in [-0.15, -0.1) is 5.10 Å². The molecular weight excluding hydrogens is 160 g/mol. The van der Waals surface area contributed by atoms with E-state index in [0.717, 1.165) is 0 Å². The fraction of sp³-hybridized carbons (Fsp3) is 0.500. The fourth-order valence-electron chi connectivity index (χ4n) is 0.662. The lowest BCUT2D eigenvalue weighted by molar-refractivity contribution is -0.117. The molecule has 0 bridgehead atoms. The highest BCUT2D eigenvalue weighted by Gasteiger charge is 2.02. The van der Waals surface area contributed by atoms with Crippen LogP contribution >= 0.6 is 0 Å². The Bertz CT molecular complexity index is 234. The van der Waals surface area contributed by atoms with Gasteiger partial charge < -0.3 is 10.1 Å². The maximum atomic E-state index is 11.0. The summed E-state index contributed by atoms with van der Waals surface area (Å²) in [5.74, 6) is 0.293. The van der Waals surface area contributed by atoms with Gasteiger partial charge in [0, 0.05) is 7.11 Å². The molecule has 2 N–H and O–H groups in total. The molecule has 0 saturated carbocycles. The highest BCUT2D eigenvalue weighted by atomic mass is 16.5. The summed E-state index contributed by atoms with van der Waals surface area (Å²) >= 11 is 0. The highest BCUT2D eigenvalue weighted by molar-refractivity contribution is 5.89. The molecule has 0 spiro atoms. The van der Waals surface area contributed by atoms with E-state index >= 15 is 0 Å². The zero-order valence-corrected chi connectivity index (χ0v) is 6.70. The van der Waals surface area contributed by atoms with Gasteiger partial charge in [-0.3, -0.25) is 4.79 Å². The quantitative estimate of drug-likeness (QED) is 0.654. The van der Waals surface area contributed by atoms with Crippen molar-refractivity contribution in [2.75, 3.05) is 19.0 Å². The number of rotatable bonds is 4. The molecule has 0 unspecified atom stereocenters. The average molecular weight is 170 g/mol. The number of amides is 1. The zero-order valence-electron chi connectivity index (χ0n) is 6.70. The third kappa shape index (κ3) is 2.67. The summed E-state index contributed by atoms with van der Waals surface area (Å²) in [6, 6.07) is 0. The number of hydrogen-bond acceptors (Lipinski definition) is 4. The van der Waals surface area contributed by atoms with E-state index in [2.05, 4.69) is 20.7 Å². The predicted octanol–water partition coefficient (Wildman–Crippen LogP) is -0.220. The van der Waals surface area contributed by atoms with Gasteiger partial charge in [-0.2, -0.15) is 10.3 Å². The Balaban J connectivity index is 2.27. The number of H-pyrrole nitrogens is 1. The SMILES string of the molecule is COCCC(=O)Nc1cn[nH]n1. The fourth-order valence-corrected chi connectivity index (χ4v) is 0.662. The Morgan fingerprint density at radius 3 is 3.25 bits per heavy atom. The second-order valence-corrected chi connectivity index (χ2v) is 2.15. The van der Waals surface area contributed by atoms with E-state index in [9.17, 15) is 4.79 Å². The van der Waals surface area contributed by atoms with Crippen molar-refractivity contribution in [2.45, 2.75) is 6.42 Å². The highest BCUT2D eigenvalue weighted by Crippen LogP contribution is 1.96. The smallest absolute Gasteiger partial charge is 0.227 e. The predicted molar refractivity (Wildman–Crippen MR) is 41.5 cm³/mol. The van der Waals surface area contributed by atoms with Crippen LogP contribution in [0.4, 0.5) is 5.82 Å². The Morgan fingerprint density at radius 2 is 2.67 bits per heavy atom. The van der Waals surface area contributed by atoms with Crippen molar-refractivity contribution >= 4 is 11.7 Å². The van der Waals surface area contributed by atoms with Gasteiger partial charge >= 0.3 is 0 Å². The van der Waals surface area contributed by atoms with Crippen LogP contribution in [0.25, 0.3) is 0 Å². The van der Waals surface area contributed by atoms with Crippen LogP contribution in [0.15, 0.2) is 6.20 Å². The molecule has 0 aromatic carbocycles. The minimum Gasteiger partial charge on any atom is -0.384 e. The zero-order chi connectivity index (χ0) is 8.81. The van der Waals surface area contributed by atoms with E-state index in [-0.39, 0.29) is 5.91 Å². The van der Waals surface area contributed by atoms with Crippen molar-refractivity contribution < 1.29 is 9.53 Å². The summed E-state index contributed by atoms with van der Waals surface area (Å²) < 4.78 is 4.73. The minimum absolute atomic E-state index is 0.134. The molecule has 1 rings (SSSR count). The molecule has 6 heteroatoms. The summed E-state index contributed by atoms with van der Waals surface area (Å²) in [7, 11) is 1.55. The summed E-state index contributed by atoms with van der Waals surface area (Å²) in [6.07, 6.45) is 1.76. The van der Waals surface area contributed by atoms with Crippen LogP contribution in [0.5, 0.6) is 0 Å². The molecule has 1 heterocycles. The first-order valence-corrected chi connectivity index (χ1v) is 3.47. The second-order valence-electron chi connectivity index (χ2n) is 2.15. The molecule has 6 nitrogen and oxygen atoms in total. The van der Waals surface area contributed by atoms with Gasteiger partial charge in [0.15, 0.2) is 5.82 Å². The first-order chi connectivity index (χ1) is 5.83. The number of hydrogen-bond donors (Lipinski definition) is 2. The topological polar surface area (TPSA) is 79.9 Å². The van der Waals surface area contributed by atoms with Gasteiger partial charge in [-0.05, 0) is 0 Å². The summed E-state index contributed by atoms with van der Waals surface area (Å²) in [4.78, 5) is 11.0. The third-order valence-electron chi connectivity index (χ3n) is 1.22. The Labute approximate surface area is 69.3 Å². The molecule has 1 aromatic heterocycles. The molecule has 0 atom stereocenters. The lowest BCUT2D eigenvalue weighted by Crippen LogP contribution is -2.13. The van der Waals surface area contributed by atoms with E-state index < -0.39 is 0 Å². The van der Waals surface area contributed by atoms with Crippen molar-refractivity contribution in [1.29, 1.82) is 0 Å². The summed E-state index contributed by atoms with van der Waals surface area (Å²) in [5.41, 5.74) is 0. The number of nitrogens with one attached hydrogen (secondary N) is 2. The molecule has 0 aliphatic rings. The molecule has 12 heavy (non-hydrogen) atoms. The molecule has 66 valence electrons. The van der Waals surface area contributed by atoms with Crippen LogP contribution < -0.4 is 5.32 Å². The van der Waals surface area contributed by atoms with Gasteiger partial charge in [-0.25, -0.2) is 0 Å². The molecule has 0 fully saturated rings. The third-order valence-corrected chi connectivity index (χ3v) is 1.22. The van der Waals surface area contributed by atoms with Gasteiger partial charge in [0.25, 0.3) is 0 Å². The number of ether oxygens (including phenoxy) is 1. The Hall–Kier alpha value is -1.43. The summed E-state index contributed by atoms with van der Waals surface area (Å²) in [5, 5.41) is 12.1. The van der Waals surface area contributed by atoms with Gasteiger partial charge in [-0.1, -0.05) is 0 Å². The van der Waals surface area contributed by atoms with E-state index in [1.165, 1.54) is 6.20 Å². The molecular formula is C6H10N4O2. The molecule has 0 saturated heterocycles. The van der Waals surface area contributed by atoms with E-state index in [1.54, 1.807) is 7.11 Å². The lowest BCUT2D eigenvalue weighted by atomic mass is 10.4. The number of anilines is 1. The van der Waals surface area contributed by atoms with Crippen LogP contribution in [0.1, 0.15) is 6.42 Å². The average Bonchev–Trinajstić information content (AvgIpc) is 2.53. The van der Waals surface area contributed by atoms with Crippen LogP contribution in [-0.4, -0.2) is 35.0 Å². The monoisotopic (exact) mass is 170 g/mol. The summed E-state index contributed by atoms with van der Waals surface area (Å²) in [6.45, 7) is 0.406. The minimum atomic E-state index is -0.134. The van der Waals surface area contributed by atoms with E-state index in [4.69, 9.17) is 4.74 Å². The maximum Gasteiger partial charge on any atom is 0.227 e. The first kappa shape index (κ1) is 8.66. The van der Waals surface area contributed by atoms with Crippen molar-refractivity contribution in [3.8, 4) is 0 Å². The van der Waals surface area contributed by atoms with Crippen LogP contribution in [-0.2, 0) is 9.53 Å². The maximum absolute atomic E-state index is 11.0. The van der Waals surface area contributed by atoms with Gasteiger partial charge in [0.05, 0.1) is 19.2 Å². The van der Waals surface area contributed by atoms with Crippen molar-refractivity contribution in [3.63, 3.8) is 0 Å². The number of nitrogens with zero attached hydrogens (tertiary/aromatic N) is 2. The Kier molecular flexibility index (Phi) is 3.21. The first-order valence-electron chi connectivity index (χ1n) is 3.47. The molecule has 0 aliphatic carbocycles. The van der Waals surface area contributed by atoms with E-state index in [0.29, 0.717) is 18.8 Å². The van der Waals surface area contributed by atoms with Crippen molar-refractivity contribution in [2.24, 2.45) is 0 Å². The number of carbonyl (C=O) groups excluding carboxylic acids is 1. The molecule has 1 amide bonds. The number of aromatic nitrogens is 3. The van der Waals surface area contributed by atoms with E-state index in [1.807, 2.05) is 0 Å². The Morgan fingerprint density at radius 1 is 1.83 bits per heavy atom. The van der Waals surface area contributed by atoms with Gasteiger partial charge in [0.1, 0.15) is 0 Å². The largest absolute Gasteiger partial charge is 0.384 e. The standard InChI is InChI=1S/C6H10N4O2/c1-12-3-2-6(11)8-5-4-7-10-9-5/h4H,2-3H2,1H3,(H2,7,8,9,10,11).